The summed E-state index contributed by atoms with van der Waals surface area (Å²) < 4.78 is 15.7. The average molecular weight is 306 g/mol. The summed E-state index contributed by atoms with van der Waals surface area (Å²) in [6.07, 6.45) is 1.33. The van der Waals surface area contributed by atoms with Gasteiger partial charge in [-0.2, -0.15) is 0 Å². The van der Waals surface area contributed by atoms with Crippen molar-refractivity contribution >= 4 is 27.4 Å². The van der Waals surface area contributed by atoms with Crippen LogP contribution in [0.15, 0.2) is 47.1 Å². The van der Waals surface area contributed by atoms with Gasteiger partial charge in [0.05, 0.1) is 0 Å². The summed E-state index contributed by atoms with van der Waals surface area (Å²) in [6.45, 7) is 0. The fourth-order valence-corrected chi connectivity index (χ4v) is 2.12. The van der Waals surface area contributed by atoms with Gasteiger partial charge in [-0.15, -0.1) is 0 Å². The molecule has 0 saturated heterocycles. The molecule has 5 heteroatoms. The highest BCUT2D eigenvalue weighted by Crippen LogP contribution is 2.27. The van der Waals surface area contributed by atoms with Gasteiger partial charge in [0, 0.05) is 16.2 Å². The van der Waals surface area contributed by atoms with Crippen LogP contribution in [-0.4, -0.2) is 9.38 Å². The van der Waals surface area contributed by atoms with E-state index < -0.39 is 0 Å². The molecule has 2 N–H and O–H groups in total. The molecule has 2 aromatic heterocycles. The van der Waals surface area contributed by atoms with Crippen molar-refractivity contribution in [1.29, 1.82) is 0 Å². The van der Waals surface area contributed by atoms with Gasteiger partial charge < -0.3 is 5.73 Å². The van der Waals surface area contributed by atoms with Crippen molar-refractivity contribution in [2.24, 2.45) is 0 Å². The molecule has 2 heterocycles. The molecular weight excluding hydrogens is 297 g/mol. The van der Waals surface area contributed by atoms with Crippen molar-refractivity contribution in [1.82, 2.24) is 9.38 Å². The second-order valence-electron chi connectivity index (χ2n) is 3.93. The monoisotopic (exact) mass is 305 g/mol. The summed E-state index contributed by atoms with van der Waals surface area (Å²) in [4.78, 5) is 4.41. The minimum Gasteiger partial charge on any atom is -0.383 e. The zero-order valence-electron chi connectivity index (χ0n) is 9.27. The molecule has 3 nitrogen and oxygen atoms in total. The van der Waals surface area contributed by atoms with E-state index in [1.54, 1.807) is 10.5 Å². The normalized spacial score (nSPS) is 11.0. The van der Waals surface area contributed by atoms with Crippen LogP contribution in [-0.2, 0) is 0 Å². The number of nitrogens with two attached hydrogens (primary N) is 1. The van der Waals surface area contributed by atoms with Crippen LogP contribution in [0.5, 0.6) is 0 Å². The number of rotatable bonds is 1. The predicted molar refractivity (Wildman–Crippen MR) is 72.7 cm³/mol. The summed E-state index contributed by atoms with van der Waals surface area (Å²) in [6, 6.07) is 10.6. The van der Waals surface area contributed by atoms with Gasteiger partial charge >= 0.3 is 0 Å². The third-order valence-corrected chi connectivity index (χ3v) is 3.27. The van der Waals surface area contributed by atoms with Gasteiger partial charge in [-0.3, -0.25) is 4.40 Å². The first kappa shape index (κ1) is 11.2. The van der Waals surface area contributed by atoms with E-state index in [-0.39, 0.29) is 5.82 Å². The number of hydrogen-bond donors (Lipinski definition) is 1. The van der Waals surface area contributed by atoms with E-state index >= 15 is 0 Å². The standard InChI is InChI=1S/C13H9BrFN3/c14-9-3-1-8(2-4-9)12-13(16)18-7-10(15)5-6-11(18)17-12/h1-7H,16H2. The van der Waals surface area contributed by atoms with Crippen molar-refractivity contribution in [2.75, 3.05) is 5.73 Å². The van der Waals surface area contributed by atoms with Crippen LogP contribution in [0.1, 0.15) is 0 Å². The highest BCUT2D eigenvalue weighted by atomic mass is 79.9. The Labute approximate surface area is 111 Å². The first-order valence-corrected chi connectivity index (χ1v) is 6.13. The maximum absolute atomic E-state index is 13.2. The number of fused-ring (bicyclic) bond motifs is 1. The number of pyridine rings is 1. The van der Waals surface area contributed by atoms with E-state index in [1.807, 2.05) is 24.3 Å². The van der Waals surface area contributed by atoms with E-state index in [1.165, 1.54) is 12.3 Å². The lowest BCUT2D eigenvalue weighted by atomic mass is 10.1. The van der Waals surface area contributed by atoms with E-state index in [0.717, 1.165) is 10.0 Å². The molecule has 0 aliphatic carbocycles. The van der Waals surface area contributed by atoms with Gasteiger partial charge in [0.2, 0.25) is 0 Å². The molecule has 0 bridgehead atoms. The van der Waals surface area contributed by atoms with Gasteiger partial charge in [-0.25, -0.2) is 9.37 Å². The van der Waals surface area contributed by atoms with Crippen molar-refractivity contribution in [3.05, 3.63) is 52.9 Å². The molecule has 90 valence electrons. The number of anilines is 1. The Balaban J connectivity index is 2.23. The number of halogens is 2. The zero-order valence-corrected chi connectivity index (χ0v) is 10.9. The molecule has 3 rings (SSSR count). The smallest absolute Gasteiger partial charge is 0.140 e. The first-order chi connectivity index (χ1) is 8.65. The van der Waals surface area contributed by atoms with Crippen LogP contribution >= 0.6 is 15.9 Å². The van der Waals surface area contributed by atoms with Gasteiger partial charge in [0.1, 0.15) is 23.0 Å². The quantitative estimate of drug-likeness (QED) is 0.748. The summed E-state index contributed by atoms with van der Waals surface area (Å²) in [5.41, 5.74) is 8.19. The summed E-state index contributed by atoms with van der Waals surface area (Å²) in [7, 11) is 0. The van der Waals surface area contributed by atoms with Crippen LogP contribution in [0, 0.1) is 5.82 Å². The summed E-state index contributed by atoms with van der Waals surface area (Å²) in [5, 5.41) is 0. The fraction of sp³-hybridized carbons (Fsp3) is 0. The van der Waals surface area contributed by atoms with E-state index in [2.05, 4.69) is 20.9 Å². The Kier molecular flexibility index (Phi) is 2.56. The highest BCUT2D eigenvalue weighted by Gasteiger charge is 2.11. The molecule has 0 atom stereocenters. The Morgan fingerprint density at radius 3 is 2.56 bits per heavy atom. The second-order valence-corrected chi connectivity index (χ2v) is 4.84. The Morgan fingerprint density at radius 2 is 1.83 bits per heavy atom. The maximum Gasteiger partial charge on any atom is 0.140 e. The Bertz CT molecular complexity index is 719. The summed E-state index contributed by atoms with van der Waals surface area (Å²) in [5.74, 6) is 0.0979. The number of aromatic nitrogens is 2. The molecular formula is C13H9BrFN3. The maximum atomic E-state index is 13.2. The minimum atomic E-state index is -0.339. The van der Waals surface area contributed by atoms with Crippen molar-refractivity contribution in [3.8, 4) is 11.3 Å². The molecule has 0 unspecified atom stereocenters. The topological polar surface area (TPSA) is 43.3 Å². The average Bonchev–Trinajstić information content (AvgIpc) is 2.68. The molecule has 0 aliphatic heterocycles. The number of hydrogen-bond acceptors (Lipinski definition) is 2. The molecule has 0 amide bonds. The number of imidazole rings is 1. The molecule has 1 aromatic carbocycles. The Hall–Kier alpha value is -1.88. The van der Waals surface area contributed by atoms with Crippen LogP contribution in [0.4, 0.5) is 10.2 Å². The molecule has 3 aromatic rings. The van der Waals surface area contributed by atoms with Crippen LogP contribution < -0.4 is 5.73 Å². The van der Waals surface area contributed by atoms with Crippen LogP contribution in [0.3, 0.4) is 0 Å². The molecule has 0 fully saturated rings. The second kappa shape index (κ2) is 4.10. The molecule has 0 radical (unpaired) electrons. The highest BCUT2D eigenvalue weighted by molar-refractivity contribution is 9.10. The first-order valence-electron chi connectivity index (χ1n) is 5.34. The van der Waals surface area contributed by atoms with Crippen molar-refractivity contribution in [3.63, 3.8) is 0 Å². The van der Waals surface area contributed by atoms with E-state index in [0.29, 0.717) is 17.2 Å². The van der Waals surface area contributed by atoms with Gasteiger partial charge in [-0.05, 0) is 24.3 Å². The number of benzene rings is 1. The zero-order chi connectivity index (χ0) is 12.7. The fourth-order valence-electron chi connectivity index (χ4n) is 1.86. The molecule has 0 spiro atoms. The lowest BCUT2D eigenvalue weighted by Gasteiger charge is -1.99. The number of nitrogen functional groups attached to an aromatic ring is 1. The third-order valence-electron chi connectivity index (χ3n) is 2.74. The summed E-state index contributed by atoms with van der Waals surface area (Å²) >= 11 is 3.37. The van der Waals surface area contributed by atoms with E-state index in [4.69, 9.17) is 5.73 Å². The number of nitrogens with zero attached hydrogens (tertiary/aromatic N) is 2. The van der Waals surface area contributed by atoms with Gasteiger partial charge in [-0.1, -0.05) is 28.1 Å². The lowest BCUT2D eigenvalue weighted by molar-refractivity contribution is 0.619. The van der Waals surface area contributed by atoms with Crippen molar-refractivity contribution in [2.45, 2.75) is 0 Å². The van der Waals surface area contributed by atoms with E-state index in [9.17, 15) is 4.39 Å². The SMILES string of the molecule is Nc1c(-c2ccc(Br)cc2)nc2ccc(F)cn12. The molecule has 0 saturated carbocycles. The Morgan fingerprint density at radius 1 is 1.11 bits per heavy atom. The lowest BCUT2D eigenvalue weighted by Crippen LogP contribution is -1.94. The van der Waals surface area contributed by atoms with Gasteiger partial charge in [0.15, 0.2) is 0 Å². The largest absolute Gasteiger partial charge is 0.383 e. The molecule has 18 heavy (non-hydrogen) atoms. The van der Waals surface area contributed by atoms with Crippen LogP contribution in [0.25, 0.3) is 16.9 Å². The molecule has 0 aliphatic rings. The van der Waals surface area contributed by atoms with Crippen molar-refractivity contribution < 1.29 is 4.39 Å². The predicted octanol–water partition coefficient (Wildman–Crippen LogP) is 3.49. The van der Waals surface area contributed by atoms with Crippen LogP contribution in [0.2, 0.25) is 0 Å². The third kappa shape index (κ3) is 1.76. The minimum absolute atomic E-state index is 0.339. The van der Waals surface area contributed by atoms with Gasteiger partial charge in [0.25, 0.3) is 0 Å².